The van der Waals surface area contributed by atoms with E-state index in [4.69, 9.17) is 16.7 Å². The van der Waals surface area contributed by atoms with Crippen LogP contribution in [0.2, 0.25) is 5.02 Å². The number of hydrogen-bond acceptors (Lipinski definition) is 5. The van der Waals surface area contributed by atoms with Gasteiger partial charge in [-0.15, -0.1) is 10.2 Å². The standard InChI is InChI=1S/C24H25ClN6OS/c1-24(2,3)19-14-20(31(29-19)16-10-6-5-7-11-16)26-21(32)15-33-23-28-27-22(30(23)4)17-12-8-9-13-18(17)25/h5-14H,15H2,1-4H3,(H,26,32). The molecule has 33 heavy (non-hydrogen) atoms. The van der Waals surface area contributed by atoms with Crippen LogP contribution in [0.3, 0.4) is 0 Å². The van der Waals surface area contributed by atoms with Crippen molar-refractivity contribution in [2.45, 2.75) is 31.3 Å². The average Bonchev–Trinajstić information content (AvgIpc) is 3.37. The molecule has 1 amide bonds. The van der Waals surface area contributed by atoms with E-state index in [-0.39, 0.29) is 17.1 Å². The second-order valence-corrected chi connectivity index (χ2v) is 9.94. The molecule has 4 rings (SSSR count). The van der Waals surface area contributed by atoms with E-state index >= 15 is 0 Å². The molecular weight excluding hydrogens is 456 g/mol. The topological polar surface area (TPSA) is 77.6 Å². The van der Waals surface area contributed by atoms with E-state index in [0.717, 1.165) is 16.9 Å². The van der Waals surface area contributed by atoms with Gasteiger partial charge < -0.3 is 9.88 Å². The fourth-order valence-corrected chi connectivity index (χ4v) is 4.16. The number of para-hydroxylation sites is 1. The largest absolute Gasteiger partial charge is 0.310 e. The third-order valence-electron chi connectivity index (χ3n) is 5.03. The lowest BCUT2D eigenvalue weighted by Crippen LogP contribution is -2.17. The van der Waals surface area contributed by atoms with Crippen LogP contribution in [0.4, 0.5) is 5.82 Å². The van der Waals surface area contributed by atoms with E-state index in [2.05, 4.69) is 36.3 Å². The predicted molar refractivity (Wildman–Crippen MR) is 133 cm³/mol. The minimum atomic E-state index is -0.153. The van der Waals surface area contributed by atoms with Gasteiger partial charge in [-0.05, 0) is 24.3 Å². The Balaban J connectivity index is 1.50. The van der Waals surface area contributed by atoms with E-state index in [1.807, 2.05) is 72.3 Å². The zero-order valence-corrected chi connectivity index (χ0v) is 20.5. The van der Waals surface area contributed by atoms with Gasteiger partial charge in [0.1, 0.15) is 5.82 Å². The zero-order chi connectivity index (χ0) is 23.6. The number of thioether (sulfide) groups is 1. The normalized spacial score (nSPS) is 11.5. The van der Waals surface area contributed by atoms with Crippen molar-refractivity contribution in [2.75, 3.05) is 11.1 Å². The molecule has 0 aliphatic carbocycles. The maximum atomic E-state index is 12.8. The van der Waals surface area contributed by atoms with Gasteiger partial charge in [0.25, 0.3) is 0 Å². The number of nitrogens with one attached hydrogen (secondary N) is 1. The van der Waals surface area contributed by atoms with E-state index in [1.54, 1.807) is 4.68 Å². The molecule has 0 saturated carbocycles. The van der Waals surface area contributed by atoms with Crippen molar-refractivity contribution in [1.29, 1.82) is 0 Å². The van der Waals surface area contributed by atoms with E-state index in [0.29, 0.717) is 21.8 Å². The molecule has 7 nitrogen and oxygen atoms in total. The first-order valence-electron chi connectivity index (χ1n) is 10.5. The number of carbonyl (C=O) groups excluding carboxylic acids is 1. The minimum absolute atomic E-state index is 0.151. The van der Waals surface area contributed by atoms with Crippen LogP contribution in [0.5, 0.6) is 0 Å². The fraction of sp³-hybridized carbons (Fsp3) is 0.250. The van der Waals surface area contributed by atoms with E-state index < -0.39 is 0 Å². The van der Waals surface area contributed by atoms with Crippen LogP contribution in [0.15, 0.2) is 65.8 Å². The van der Waals surface area contributed by atoms with Crippen molar-refractivity contribution in [2.24, 2.45) is 7.05 Å². The number of halogens is 1. The summed E-state index contributed by atoms with van der Waals surface area (Å²) in [4.78, 5) is 12.8. The Kier molecular flexibility index (Phi) is 6.58. The summed E-state index contributed by atoms with van der Waals surface area (Å²) in [6.07, 6.45) is 0. The Hall–Kier alpha value is -3.10. The van der Waals surface area contributed by atoms with Crippen LogP contribution < -0.4 is 5.32 Å². The fourth-order valence-electron chi connectivity index (χ4n) is 3.23. The number of rotatable bonds is 6. The van der Waals surface area contributed by atoms with Crippen LogP contribution in [0.1, 0.15) is 26.5 Å². The summed E-state index contributed by atoms with van der Waals surface area (Å²) in [7, 11) is 1.86. The molecule has 9 heteroatoms. The van der Waals surface area contributed by atoms with Crippen molar-refractivity contribution in [3.63, 3.8) is 0 Å². The second-order valence-electron chi connectivity index (χ2n) is 8.59. The van der Waals surface area contributed by atoms with Gasteiger partial charge in [0.15, 0.2) is 11.0 Å². The molecule has 2 aromatic carbocycles. The molecule has 1 N–H and O–H groups in total. The molecule has 2 heterocycles. The Morgan fingerprint density at radius 2 is 1.76 bits per heavy atom. The Bertz CT molecular complexity index is 1280. The maximum absolute atomic E-state index is 12.8. The first-order chi connectivity index (χ1) is 15.7. The lowest BCUT2D eigenvalue weighted by atomic mass is 9.92. The highest BCUT2D eigenvalue weighted by atomic mass is 35.5. The Morgan fingerprint density at radius 3 is 2.45 bits per heavy atom. The van der Waals surface area contributed by atoms with Crippen molar-refractivity contribution in [1.82, 2.24) is 24.5 Å². The third kappa shape index (κ3) is 5.12. The molecule has 0 aliphatic rings. The maximum Gasteiger partial charge on any atom is 0.236 e. The number of benzene rings is 2. The third-order valence-corrected chi connectivity index (χ3v) is 6.38. The summed E-state index contributed by atoms with van der Waals surface area (Å²) in [5.74, 6) is 1.31. The lowest BCUT2D eigenvalue weighted by Gasteiger charge is -2.14. The van der Waals surface area contributed by atoms with Gasteiger partial charge >= 0.3 is 0 Å². The highest BCUT2D eigenvalue weighted by molar-refractivity contribution is 7.99. The molecule has 0 atom stereocenters. The van der Waals surface area contributed by atoms with Crippen molar-refractivity contribution in [3.05, 3.63) is 71.4 Å². The average molecular weight is 481 g/mol. The summed E-state index contributed by atoms with van der Waals surface area (Å²) in [6.45, 7) is 6.28. The number of hydrogen-bond donors (Lipinski definition) is 1. The zero-order valence-electron chi connectivity index (χ0n) is 18.9. The number of nitrogens with zero attached hydrogens (tertiary/aromatic N) is 5. The highest BCUT2D eigenvalue weighted by Gasteiger charge is 2.22. The van der Waals surface area contributed by atoms with Gasteiger partial charge in [-0.25, -0.2) is 4.68 Å². The van der Waals surface area contributed by atoms with Gasteiger partial charge in [-0.1, -0.05) is 74.5 Å². The van der Waals surface area contributed by atoms with E-state index in [9.17, 15) is 4.79 Å². The van der Waals surface area contributed by atoms with Gasteiger partial charge in [-0.3, -0.25) is 4.79 Å². The first-order valence-corrected chi connectivity index (χ1v) is 11.8. The van der Waals surface area contributed by atoms with Gasteiger partial charge in [-0.2, -0.15) is 5.10 Å². The summed E-state index contributed by atoms with van der Waals surface area (Å²) < 4.78 is 3.60. The summed E-state index contributed by atoms with van der Waals surface area (Å²) in [5, 5.41) is 17.5. The predicted octanol–water partition coefficient (Wildman–Crippen LogP) is 5.35. The molecule has 170 valence electrons. The van der Waals surface area contributed by atoms with Crippen LogP contribution in [0.25, 0.3) is 17.1 Å². The van der Waals surface area contributed by atoms with Gasteiger partial charge in [0.2, 0.25) is 5.91 Å². The highest BCUT2D eigenvalue weighted by Crippen LogP contribution is 2.29. The van der Waals surface area contributed by atoms with E-state index in [1.165, 1.54) is 11.8 Å². The Morgan fingerprint density at radius 1 is 1.06 bits per heavy atom. The van der Waals surface area contributed by atoms with Crippen LogP contribution in [-0.4, -0.2) is 36.2 Å². The first kappa shape index (κ1) is 23.1. The lowest BCUT2D eigenvalue weighted by molar-refractivity contribution is -0.113. The monoisotopic (exact) mass is 480 g/mol. The summed E-state index contributed by atoms with van der Waals surface area (Å²) in [5.41, 5.74) is 2.43. The minimum Gasteiger partial charge on any atom is -0.310 e. The molecule has 4 aromatic rings. The summed E-state index contributed by atoms with van der Waals surface area (Å²) >= 11 is 7.61. The number of carbonyl (C=O) groups is 1. The van der Waals surface area contributed by atoms with Gasteiger partial charge in [0.05, 0.1) is 22.2 Å². The van der Waals surface area contributed by atoms with Crippen LogP contribution >= 0.6 is 23.4 Å². The Labute approximate surface area is 202 Å². The number of anilines is 1. The van der Waals surface area contributed by atoms with Crippen molar-refractivity contribution in [3.8, 4) is 17.1 Å². The molecule has 0 bridgehead atoms. The molecule has 0 radical (unpaired) electrons. The molecule has 0 unspecified atom stereocenters. The molecule has 0 aliphatic heterocycles. The number of aromatic nitrogens is 5. The molecule has 0 fully saturated rings. The SMILES string of the molecule is Cn1c(SCC(=O)Nc2cc(C(C)(C)C)nn2-c2ccccc2)nnc1-c1ccccc1Cl. The smallest absolute Gasteiger partial charge is 0.236 e. The second kappa shape index (κ2) is 9.41. The van der Waals surface area contributed by atoms with Crippen molar-refractivity contribution < 1.29 is 4.79 Å². The molecule has 0 saturated heterocycles. The van der Waals surface area contributed by atoms with Gasteiger partial charge in [0, 0.05) is 24.1 Å². The molecular formula is C24H25ClN6OS. The summed E-state index contributed by atoms with van der Waals surface area (Å²) in [6, 6.07) is 19.2. The number of amides is 1. The van der Waals surface area contributed by atoms with Crippen LogP contribution in [-0.2, 0) is 17.3 Å². The van der Waals surface area contributed by atoms with Crippen LogP contribution in [0, 0.1) is 0 Å². The van der Waals surface area contributed by atoms with Crippen molar-refractivity contribution >= 4 is 35.1 Å². The quantitative estimate of drug-likeness (QED) is 0.376. The molecule has 2 aromatic heterocycles. The molecule has 0 spiro atoms.